The Kier molecular flexibility index (Phi) is 6.01. The third kappa shape index (κ3) is 5.87. The number of nitrogens with zero attached hydrogens (tertiary/aromatic N) is 1. The fourth-order valence-electron chi connectivity index (χ4n) is 1.72. The minimum atomic E-state index is -3.15. The van der Waals surface area contributed by atoms with Crippen molar-refractivity contribution in [3.05, 3.63) is 12.0 Å². The van der Waals surface area contributed by atoms with E-state index >= 15 is 0 Å². The lowest BCUT2D eigenvalue weighted by molar-refractivity contribution is -0.192. The Balaban J connectivity index is 2.11. The Labute approximate surface area is 113 Å². The van der Waals surface area contributed by atoms with E-state index < -0.39 is 15.8 Å². The van der Waals surface area contributed by atoms with Crippen LogP contribution in [0.4, 0.5) is 0 Å². The molecule has 1 saturated heterocycles. The molecule has 0 radical (unpaired) electrons. The minimum Gasteiger partial charge on any atom is -0.338 e. The van der Waals surface area contributed by atoms with Crippen molar-refractivity contribution in [2.24, 2.45) is 0 Å². The molecule has 0 N–H and O–H groups in total. The lowest BCUT2D eigenvalue weighted by Crippen LogP contribution is -2.28. The summed E-state index contributed by atoms with van der Waals surface area (Å²) in [6.45, 7) is 3.68. The molecule has 0 atom stereocenters. The number of carbonyl (C=O) groups excluding carboxylic acids is 2. The summed E-state index contributed by atoms with van der Waals surface area (Å²) in [5.41, 5.74) is 0. The monoisotopic (exact) mass is 289 g/mol. The molecule has 0 bridgehead atoms. The Hall–Kier alpha value is -1.37. The molecule has 0 aromatic carbocycles. The minimum absolute atomic E-state index is 0.0517. The molecule has 1 aliphatic rings. The van der Waals surface area contributed by atoms with Crippen LogP contribution in [0.25, 0.3) is 0 Å². The van der Waals surface area contributed by atoms with Crippen LogP contribution < -0.4 is 0 Å². The number of carbonyl (C=O) groups is 2. The van der Waals surface area contributed by atoms with Gasteiger partial charge >= 0.3 is 5.97 Å². The second-order valence-electron chi connectivity index (χ2n) is 4.41. The second-order valence-corrected chi connectivity index (χ2v) is 6.47. The summed E-state index contributed by atoms with van der Waals surface area (Å²) in [6.07, 6.45) is 2.99. The largest absolute Gasteiger partial charge is 0.338 e. The fraction of sp³-hybridized carbons (Fsp3) is 0.667. The SMILES string of the molecule is C=CS(=O)(=O)CCCCCC(=O)ON1CCCC1=O. The van der Waals surface area contributed by atoms with E-state index in [4.69, 9.17) is 4.84 Å². The van der Waals surface area contributed by atoms with E-state index in [2.05, 4.69) is 6.58 Å². The van der Waals surface area contributed by atoms with E-state index in [0.717, 1.165) is 10.5 Å². The van der Waals surface area contributed by atoms with E-state index in [0.29, 0.717) is 38.6 Å². The Morgan fingerprint density at radius 2 is 2.11 bits per heavy atom. The van der Waals surface area contributed by atoms with Crippen molar-refractivity contribution in [2.75, 3.05) is 12.3 Å². The number of rotatable bonds is 8. The van der Waals surface area contributed by atoms with Crippen molar-refractivity contribution < 1.29 is 22.8 Å². The summed E-state index contributed by atoms with van der Waals surface area (Å²) in [7, 11) is -3.15. The molecule has 0 aliphatic carbocycles. The van der Waals surface area contributed by atoms with Gasteiger partial charge in [0, 0.05) is 18.2 Å². The van der Waals surface area contributed by atoms with Crippen molar-refractivity contribution >= 4 is 21.7 Å². The van der Waals surface area contributed by atoms with Crippen LogP contribution >= 0.6 is 0 Å². The first kappa shape index (κ1) is 15.7. The first-order valence-electron chi connectivity index (χ1n) is 6.31. The van der Waals surface area contributed by atoms with Crippen LogP contribution in [0, 0.1) is 0 Å². The smallest absolute Gasteiger partial charge is 0.332 e. The molecule has 6 nitrogen and oxygen atoms in total. The van der Waals surface area contributed by atoms with Gasteiger partial charge in [-0.25, -0.2) is 13.2 Å². The van der Waals surface area contributed by atoms with Crippen LogP contribution in [-0.4, -0.2) is 37.7 Å². The normalized spacial score (nSPS) is 15.6. The van der Waals surface area contributed by atoms with Gasteiger partial charge in [-0.2, -0.15) is 5.06 Å². The quantitative estimate of drug-likeness (QED) is 0.627. The number of hydroxylamine groups is 2. The van der Waals surface area contributed by atoms with Crippen molar-refractivity contribution in [3.63, 3.8) is 0 Å². The molecule has 108 valence electrons. The standard InChI is InChI=1S/C12H19NO5S/c1-2-19(16,17)10-5-3-4-8-12(15)18-13-9-6-7-11(13)14/h2H,1,3-10H2. The lowest BCUT2D eigenvalue weighted by atomic mass is 10.2. The number of hydrogen-bond acceptors (Lipinski definition) is 5. The predicted octanol–water partition coefficient (Wildman–Crippen LogP) is 1.19. The molecule has 0 saturated carbocycles. The van der Waals surface area contributed by atoms with Crippen molar-refractivity contribution in [1.82, 2.24) is 5.06 Å². The van der Waals surface area contributed by atoms with Gasteiger partial charge in [-0.1, -0.05) is 13.0 Å². The Bertz CT molecular complexity index is 443. The van der Waals surface area contributed by atoms with Gasteiger partial charge in [-0.3, -0.25) is 4.79 Å². The van der Waals surface area contributed by atoms with Gasteiger partial charge in [-0.05, 0) is 19.3 Å². The van der Waals surface area contributed by atoms with Crippen LogP contribution in [0.2, 0.25) is 0 Å². The average molecular weight is 289 g/mol. The number of amides is 1. The molecule has 1 amide bonds. The number of hydrogen-bond donors (Lipinski definition) is 0. The fourth-order valence-corrected chi connectivity index (χ4v) is 2.49. The van der Waals surface area contributed by atoms with Crippen LogP contribution in [-0.2, 0) is 24.3 Å². The highest BCUT2D eigenvalue weighted by Gasteiger charge is 2.23. The average Bonchev–Trinajstić information content (AvgIpc) is 2.74. The molecule has 1 rings (SSSR count). The molecule has 0 unspecified atom stereocenters. The topological polar surface area (TPSA) is 80.8 Å². The molecule has 19 heavy (non-hydrogen) atoms. The summed E-state index contributed by atoms with van der Waals surface area (Å²) >= 11 is 0. The van der Waals surface area contributed by atoms with Crippen LogP contribution in [0.3, 0.4) is 0 Å². The van der Waals surface area contributed by atoms with Crippen molar-refractivity contribution in [3.8, 4) is 0 Å². The molecule has 0 spiro atoms. The molecule has 1 aliphatic heterocycles. The van der Waals surface area contributed by atoms with E-state index in [1.165, 1.54) is 0 Å². The van der Waals surface area contributed by atoms with Gasteiger partial charge in [0.2, 0.25) is 0 Å². The number of sulfone groups is 1. The zero-order valence-corrected chi connectivity index (χ0v) is 11.7. The van der Waals surface area contributed by atoms with Crippen LogP contribution in [0.1, 0.15) is 38.5 Å². The van der Waals surface area contributed by atoms with Crippen LogP contribution in [0.15, 0.2) is 12.0 Å². The van der Waals surface area contributed by atoms with E-state index in [9.17, 15) is 18.0 Å². The first-order valence-corrected chi connectivity index (χ1v) is 8.02. The molecule has 0 aromatic heterocycles. The van der Waals surface area contributed by atoms with E-state index in [1.54, 1.807) is 0 Å². The zero-order chi connectivity index (χ0) is 14.3. The Morgan fingerprint density at radius 1 is 1.37 bits per heavy atom. The van der Waals surface area contributed by atoms with Crippen molar-refractivity contribution in [2.45, 2.75) is 38.5 Å². The number of unbranched alkanes of at least 4 members (excludes halogenated alkanes) is 2. The molecular weight excluding hydrogens is 270 g/mol. The summed E-state index contributed by atoms with van der Waals surface area (Å²) in [6, 6.07) is 0. The van der Waals surface area contributed by atoms with Gasteiger partial charge in [0.15, 0.2) is 9.84 Å². The van der Waals surface area contributed by atoms with E-state index in [1.807, 2.05) is 0 Å². The third-order valence-electron chi connectivity index (χ3n) is 2.81. The molecule has 1 fully saturated rings. The zero-order valence-electron chi connectivity index (χ0n) is 10.8. The maximum Gasteiger partial charge on any atom is 0.332 e. The van der Waals surface area contributed by atoms with Gasteiger partial charge in [-0.15, -0.1) is 0 Å². The first-order chi connectivity index (χ1) is 8.94. The van der Waals surface area contributed by atoms with Crippen LogP contribution in [0.5, 0.6) is 0 Å². The van der Waals surface area contributed by atoms with Gasteiger partial charge in [0.1, 0.15) is 0 Å². The van der Waals surface area contributed by atoms with Gasteiger partial charge < -0.3 is 4.84 Å². The highest BCUT2D eigenvalue weighted by atomic mass is 32.2. The Morgan fingerprint density at radius 3 is 2.68 bits per heavy atom. The van der Waals surface area contributed by atoms with Gasteiger partial charge in [0.05, 0.1) is 12.3 Å². The van der Waals surface area contributed by atoms with Crippen molar-refractivity contribution in [1.29, 1.82) is 0 Å². The molecule has 7 heteroatoms. The molecular formula is C12H19NO5S. The maximum absolute atomic E-state index is 11.4. The summed E-state index contributed by atoms with van der Waals surface area (Å²) < 4.78 is 22.2. The van der Waals surface area contributed by atoms with Gasteiger partial charge in [0.25, 0.3) is 5.91 Å². The summed E-state index contributed by atoms with van der Waals surface area (Å²) in [5.74, 6) is -0.553. The highest BCUT2D eigenvalue weighted by molar-refractivity contribution is 7.94. The lowest BCUT2D eigenvalue weighted by Gasteiger charge is -2.14. The molecule has 0 aromatic rings. The van der Waals surface area contributed by atoms with E-state index in [-0.39, 0.29) is 18.1 Å². The highest BCUT2D eigenvalue weighted by Crippen LogP contribution is 2.11. The predicted molar refractivity (Wildman–Crippen MR) is 69.5 cm³/mol. The molecule has 1 heterocycles. The summed E-state index contributed by atoms with van der Waals surface area (Å²) in [4.78, 5) is 27.5. The second kappa shape index (κ2) is 7.28. The summed E-state index contributed by atoms with van der Waals surface area (Å²) in [5, 5.41) is 2.05. The third-order valence-corrected chi connectivity index (χ3v) is 4.17. The maximum atomic E-state index is 11.4.